The number of hydrogen-bond donors (Lipinski definition) is 1. The van der Waals surface area contributed by atoms with Gasteiger partial charge < -0.3 is 14.6 Å². The summed E-state index contributed by atoms with van der Waals surface area (Å²) < 4.78 is 18.3. The predicted octanol–water partition coefficient (Wildman–Crippen LogP) is 2.93. The number of nitrogens with one attached hydrogen (secondary N) is 1. The van der Waals surface area contributed by atoms with E-state index < -0.39 is 0 Å². The van der Waals surface area contributed by atoms with Crippen molar-refractivity contribution in [1.82, 2.24) is 9.80 Å². The van der Waals surface area contributed by atoms with E-state index in [1.54, 1.807) is 18.4 Å². The number of halogens is 1. The molecule has 116 valence electrons. The van der Waals surface area contributed by atoms with Crippen molar-refractivity contribution in [2.45, 2.75) is 6.54 Å². The highest BCUT2D eigenvalue weighted by molar-refractivity contribution is 7.80. The first-order chi connectivity index (χ1) is 10.7. The average molecular weight is 319 g/mol. The molecule has 1 aromatic carbocycles. The quantitative estimate of drug-likeness (QED) is 0.879. The van der Waals surface area contributed by atoms with Crippen LogP contribution < -0.4 is 5.32 Å². The van der Waals surface area contributed by atoms with Gasteiger partial charge in [-0.1, -0.05) is 0 Å². The Morgan fingerprint density at radius 1 is 1.14 bits per heavy atom. The smallest absolute Gasteiger partial charge is 0.173 e. The molecule has 6 heteroatoms. The van der Waals surface area contributed by atoms with Crippen molar-refractivity contribution < 1.29 is 8.81 Å². The van der Waals surface area contributed by atoms with Crippen molar-refractivity contribution in [2.24, 2.45) is 0 Å². The summed E-state index contributed by atoms with van der Waals surface area (Å²) in [5.41, 5.74) is 0.810. The molecule has 1 saturated heterocycles. The molecule has 0 saturated carbocycles. The molecule has 0 atom stereocenters. The van der Waals surface area contributed by atoms with Crippen LogP contribution in [0.25, 0.3) is 0 Å². The van der Waals surface area contributed by atoms with Gasteiger partial charge in [0.1, 0.15) is 11.6 Å². The SMILES string of the molecule is Fc1ccc(NC(=S)N2CCN(Cc3ccco3)CC2)cc1. The average Bonchev–Trinajstić information content (AvgIpc) is 3.03. The van der Waals surface area contributed by atoms with Gasteiger partial charge in [-0.3, -0.25) is 4.90 Å². The zero-order valence-corrected chi connectivity index (χ0v) is 13.0. The topological polar surface area (TPSA) is 31.6 Å². The van der Waals surface area contributed by atoms with E-state index in [-0.39, 0.29) is 5.82 Å². The molecule has 1 aliphatic rings. The number of benzene rings is 1. The van der Waals surface area contributed by atoms with E-state index in [9.17, 15) is 4.39 Å². The van der Waals surface area contributed by atoms with Crippen LogP contribution in [-0.4, -0.2) is 41.1 Å². The van der Waals surface area contributed by atoms with Gasteiger partial charge in [0.15, 0.2) is 5.11 Å². The Labute approximate surface area is 134 Å². The summed E-state index contributed by atoms with van der Waals surface area (Å²) in [4.78, 5) is 4.48. The Morgan fingerprint density at radius 3 is 2.50 bits per heavy atom. The molecule has 22 heavy (non-hydrogen) atoms. The molecule has 0 unspecified atom stereocenters. The van der Waals surface area contributed by atoms with Crippen LogP contribution in [0, 0.1) is 5.82 Å². The maximum Gasteiger partial charge on any atom is 0.173 e. The molecule has 1 N–H and O–H groups in total. The second-order valence-corrected chi connectivity index (χ2v) is 5.67. The van der Waals surface area contributed by atoms with Crippen LogP contribution in [0.3, 0.4) is 0 Å². The fourth-order valence-corrected chi connectivity index (χ4v) is 2.77. The Bertz CT molecular complexity index is 607. The summed E-state index contributed by atoms with van der Waals surface area (Å²) >= 11 is 5.43. The standard InChI is InChI=1S/C16H18FN3OS/c17-13-3-5-14(6-4-13)18-16(22)20-9-7-19(8-10-20)12-15-2-1-11-21-15/h1-6,11H,7-10,12H2,(H,18,22). The highest BCUT2D eigenvalue weighted by atomic mass is 32.1. The molecule has 4 nitrogen and oxygen atoms in total. The Hall–Kier alpha value is -1.92. The monoisotopic (exact) mass is 319 g/mol. The minimum atomic E-state index is -0.247. The van der Waals surface area contributed by atoms with Crippen molar-refractivity contribution >= 4 is 23.0 Å². The van der Waals surface area contributed by atoms with Gasteiger partial charge in [-0.15, -0.1) is 0 Å². The second-order valence-electron chi connectivity index (χ2n) is 5.28. The van der Waals surface area contributed by atoms with Gasteiger partial charge in [-0.25, -0.2) is 4.39 Å². The van der Waals surface area contributed by atoms with Crippen LogP contribution in [0.4, 0.5) is 10.1 Å². The lowest BCUT2D eigenvalue weighted by Gasteiger charge is -2.35. The van der Waals surface area contributed by atoms with E-state index in [1.807, 2.05) is 12.1 Å². The highest BCUT2D eigenvalue weighted by Crippen LogP contribution is 2.12. The molecular formula is C16H18FN3OS. The highest BCUT2D eigenvalue weighted by Gasteiger charge is 2.19. The zero-order valence-electron chi connectivity index (χ0n) is 12.2. The van der Waals surface area contributed by atoms with Crippen molar-refractivity contribution in [2.75, 3.05) is 31.5 Å². The number of anilines is 1. The van der Waals surface area contributed by atoms with Crippen molar-refractivity contribution in [1.29, 1.82) is 0 Å². The van der Waals surface area contributed by atoms with Crippen molar-refractivity contribution in [3.63, 3.8) is 0 Å². The minimum Gasteiger partial charge on any atom is -0.468 e. The van der Waals surface area contributed by atoms with E-state index in [0.717, 1.165) is 44.2 Å². The first-order valence-electron chi connectivity index (χ1n) is 7.27. The molecule has 0 bridgehead atoms. The first kappa shape index (κ1) is 15.0. The van der Waals surface area contributed by atoms with E-state index in [2.05, 4.69) is 15.1 Å². The normalized spacial score (nSPS) is 15.8. The van der Waals surface area contributed by atoms with E-state index >= 15 is 0 Å². The van der Waals surface area contributed by atoms with Crippen LogP contribution in [0.1, 0.15) is 5.76 Å². The van der Waals surface area contributed by atoms with Crippen LogP contribution in [0.15, 0.2) is 47.1 Å². The molecular weight excluding hydrogens is 301 g/mol. The molecule has 1 aliphatic heterocycles. The van der Waals surface area contributed by atoms with Gasteiger partial charge in [0.05, 0.1) is 12.8 Å². The second kappa shape index (κ2) is 6.89. The molecule has 0 amide bonds. The van der Waals surface area contributed by atoms with Gasteiger partial charge >= 0.3 is 0 Å². The van der Waals surface area contributed by atoms with E-state index in [4.69, 9.17) is 16.6 Å². The van der Waals surface area contributed by atoms with Crippen LogP contribution in [0.2, 0.25) is 0 Å². The Kier molecular flexibility index (Phi) is 4.70. The lowest BCUT2D eigenvalue weighted by Crippen LogP contribution is -2.49. The maximum atomic E-state index is 12.9. The minimum absolute atomic E-state index is 0.247. The van der Waals surface area contributed by atoms with Crippen molar-refractivity contribution in [3.8, 4) is 0 Å². The van der Waals surface area contributed by atoms with Gasteiger partial charge in [0.25, 0.3) is 0 Å². The van der Waals surface area contributed by atoms with Crippen LogP contribution in [0.5, 0.6) is 0 Å². The summed E-state index contributed by atoms with van der Waals surface area (Å²) in [5.74, 6) is 0.739. The molecule has 0 radical (unpaired) electrons. The summed E-state index contributed by atoms with van der Waals surface area (Å²) in [6, 6.07) is 10.1. The molecule has 3 rings (SSSR count). The summed E-state index contributed by atoms with van der Waals surface area (Å²) in [7, 11) is 0. The maximum absolute atomic E-state index is 12.9. The third kappa shape index (κ3) is 3.84. The summed E-state index contributed by atoms with van der Waals surface area (Å²) in [6.45, 7) is 4.44. The number of rotatable bonds is 3. The zero-order chi connectivity index (χ0) is 15.4. The predicted molar refractivity (Wildman–Crippen MR) is 88.2 cm³/mol. The first-order valence-corrected chi connectivity index (χ1v) is 7.68. The fourth-order valence-electron chi connectivity index (χ4n) is 2.47. The lowest BCUT2D eigenvalue weighted by molar-refractivity contribution is 0.166. The molecule has 1 aromatic heterocycles. The van der Waals surface area contributed by atoms with Gasteiger partial charge in [0, 0.05) is 31.9 Å². The molecule has 2 aromatic rings. The number of hydrogen-bond acceptors (Lipinski definition) is 3. The fraction of sp³-hybridized carbons (Fsp3) is 0.312. The number of thiocarbonyl (C=S) groups is 1. The van der Waals surface area contributed by atoms with Crippen LogP contribution in [-0.2, 0) is 6.54 Å². The van der Waals surface area contributed by atoms with E-state index in [0.29, 0.717) is 5.11 Å². The third-order valence-corrected chi connectivity index (χ3v) is 4.07. The molecule has 1 fully saturated rings. The number of nitrogens with zero attached hydrogens (tertiary/aromatic N) is 2. The largest absolute Gasteiger partial charge is 0.468 e. The van der Waals surface area contributed by atoms with Gasteiger partial charge in [-0.05, 0) is 48.6 Å². The molecule has 2 heterocycles. The van der Waals surface area contributed by atoms with Crippen LogP contribution >= 0.6 is 12.2 Å². The Balaban J connectivity index is 1.48. The van der Waals surface area contributed by atoms with Gasteiger partial charge in [0.2, 0.25) is 0 Å². The Morgan fingerprint density at radius 2 is 1.86 bits per heavy atom. The van der Waals surface area contributed by atoms with Gasteiger partial charge in [-0.2, -0.15) is 0 Å². The van der Waals surface area contributed by atoms with E-state index in [1.165, 1.54) is 12.1 Å². The summed E-state index contributed by atoms with van der Waals surface area (Å²) in [5, 5.41) is 3.84. The third-order valence-electron chi connectivity index (χ3n) is 3.71. The summed E-state index contributed by atoms with van der Waals surface area (Å²) in [6.07, 6.45) is 1.70. The molecule has 0 spiro atoms. The lowest BCUT2D eigenvalue weighted by atomic mass is 10.3. The molecule has 0 aliphatic carbocycles. The number of furan rings is 1. The van der Waals surface area contributed by atoms with Crippen molar-refractivity contribution in [3.05, 3.63) is 54.2 Å². The number of piperazine rings is 1.